The number of hydrogen-bond donors (Lipinski definition) is 2. The predicted octanol–water partition coefficient (Wildman–Crippen LogP) is 3.60. The van der Waals surface area contributed by atoms with Crippen LogP contribution in [0.5, 0.6) is 0 Å². The largest absolute Gasteiger partial charge is 0.372 e. The lowest BCUT2D eigenvalue weighted by Crippen LogP contribution is -2.12. The summed E-state index contributed by atoms with van der Waals surface area (Å²) in [7, 11) is 1.80. The first-order chi connectivity index (χ1) is 10.6. The first-order valence-corrected chi connectivity index (χ1v) is 7.76. The standard InChI is InChI=1S/C16H16N4OS/c1-9-4-5-10(2)12(6-9)20-16(21)11-7-22-14-13(11)18-8-19-15(14)17-3/h4-8H,1-3H3,(H,20,21)(H,17,18,19). The van der Waals surface area contributed by atoms with Crippen molar-refractivity contribution in [3.05, 3.63) is 46.6 Å². The van der Waals surface area contributed by atoms with E-state index in [1.807, 2.05) is 37.4 Å². The van der Waals surface area contributed by atoms with Crippen LogP contribution in [0.3, 0.4) is 0 Å². The summed E-state index contributed by atoms with van der Waals surface area (Å²) in [5, 5.41) is 7.81. The second-order valence-electron chi connectivity index (χ2n) is 5.07. The third-order valence-electron chi connectivity index (χ3n) is 3.48. The number of aryl methyl sites for hydroxylation is 2. The molecule has 0 unspecified atom stereocenters. The second-order valence-corrected chi connectivity index (χ2v) is 5.95. The van der Waals surface area contributed by atoms with Crippen molar-refractivity contribution in [2.75, 3.05) is 17.7 Å². The molecule has 22 heavy (non-hydrogen) atoms. The summed E-state index contributed by atoms with van der Waals surface area (Å²) in [6.07, 6.45) is 1.47. The maximum atomic E-state index is 12.6. The SMILES string of the molecule is CNc1ncnc2c(C(=O)Nc3cc(C)ccc3C)csc12. The molecule has 3 aromatic rings. The smallest absolute Gasteiger partial charge is 0.258 e. The molecule has 0 aliphatic rings. The van der Waals surface area contributed by atoms with Crippen LogP contribution in [0, 0.1) is 13.8 Å². The Bertz CT molecular complexity index is 856. The van der Waals surface area contributed by atoms with E-state index in [1.54, 1.807) is 7.05 Å². The van der Waals surface area contributed by atoms with Gasteiger partial charge in [0.2, 0.25) is 0 Å². The molecule has 3 rings (SSSR count). The van der Waals surface area contributed by atoms with Crippen LogP contribution in [-0.2, 0) is 0 Å². The number of rotatable bonds is 3. The molecule has 0 spiro atoms. The number of hydrogen-bond acceptors (Lipinski definition) is 5. The van der Waals surface area contributed by atoms with Crippen molar-refractivity contribution < 1.29 is 4.79 Å². The number of benzene rings is 1. The van der Waals surface area contributed by atoms with Gasteiger partial charge < -0.3 is 10.6 Å². The summed E-state index contributed by atoms with van der Waals surface area (Å²) in [6, 6.07) is 5.99. The third-order valence-corrected chi connectivity index (χ3v) is 4.45. The quantitative estimate of drug-likeness (QED) is 0.775. The molecule has 0 aliphatic carbocycles. The zero-order valence-electron chi connectivity index (χ0n) is 12.6. The Morgan fingerprint density at radius 3 is 2.82 bits per heavy atom. The molecular weight excluding hydrogens is 296 g/mol. The van der Waals surface area contributed by atoms with Gasteiger partial charge in [-0.15, -0.1) is 11.3 Å². The normalized spacial score (nSPS) is 10.7. The van der Waals surface area contributed by atoms with Crippen LogP contribution in [0.15, 0.2) is 29.9 Å². The van der Waals surface area contributed by atoms with Gasteiger partial charge >= 0.3 is 0 Å². The highest BCUT2D eigenvalue weighted by Gasteiger charge is 2.16. The van der Waals surface area contributed by atoms with Gasteiger partial charge in [-0.05, 0) is 31.0 Å². The Hall–Kier alpha value is -2.47. The molecular formula is C16H16N4OS. The van der Waals surface area contributed by atoms with Crippen molar-refractivity contribution >= 4 is 39.0 Å². The molecule has 0 radical (unpaired) electrons. The number of fused-ring (bicyclic) bond motifs is 1. The van der Waals surface area contributed by atoms with E-state index in [0.717, 1.165) is 27.3 Å². The number of nitrogens with one attached hydrogen (secondary N) is 2. The number of aromatic nitrogens is 2. The van der Waals surface area contributed by atoms with E-state index >= 15 is 0 Å². The van der Waals surface area contributed by atoms with E-state index in [4.69, 9.17) is 0 Å². The zero-order chi connectivity index (χ0) is 15.7. The van der Waals surface area contributed by atoms with Gasteiger partial charge in [-0.2, -0.15) is 0 Å². The highest BCUT2D eigenvalue weighted by Crippen LogP contribution is 2.29. The molecule has 1 amide bonds. The Kier molecular flexibility index (Phi) is 3.77. The summed E-state index contributed by atoms with van der Waals surface area (Å²) in [5.41, 5.74) is 4.21. The van der Waals surface area contributed by atoms with Gasteiger partial charge in [0.15, 0.2) is 0 Å². The van der Waals surface area contributed by atoms with E-state index in [-0.39, 0.29) is 5.91 Å². The Balaban J connectivity index is 1.97. The van der Waals surface area contributed by atoms with Crippen molar-refractivity contribution in [1.29, 1.82) is 0 Å². The van der Waals surface area contributed by atoms with Gasteiger partial charge in [-0.1, -0.05) is 12.1 Å². The van der Waals surface area contributed by atoms with Crippen LogP contribution in [-0.4, -0.2) is 22.9 Å². The third kappa shape index (κ3) is 2.53. The summed E-state index contributed by atoms with van der Waals surface area (Å²) in [5.74, 6) is 0.585. The molecule has 0 saturated heterocycles. The number of carbonyl (C=O) groups is 1. The molecule has 2 aromatic heterocycles. The molecule has 0 aliphatic heterocycles. The summed E-state index contributed by atoms with van der Waals surface area (Å²) >= 11 is 1.46. The molecule has 0 fully saturated rings. The van der Waals surface area contributed by atoms with Crippen molar-refractivity contribution in [1.82, 2.24) is 9.97 Å². The minimum Gasteiger partial charge on any atom is -0.372 e. The average molecular weight is 312 g/mol. The fraction of sp³-hybridized carbons (Fsp3) is 0.188. The summed E-state index contributed by atoms with van der Waals surface area (Å²) < 4.78 is 0.885. The number of thiophene rings is 1. The minimum absolute atomic E-state index is 0.152. The predicted molar refractivity (Wildman–Crippen MR) is 90.8 cm³/mol. The van der Waals surface area contributed by atoms with Crippen LogP contribution in [0.2, 0.25) is 0 Å². The zero-order valence-corrected chi connectivity index (χ0v) is 13.4. The lowest BCUT2D eigenvalue weighted by Gasteiger charge is -2.09. The maximum Gasteiger partial charge on any atom is 0.258 e. The summed E-state index contributed by atoms with van der Waals surface area (Å²) in [6.45, 7) is 3.98. The van der Waals surface area contributed by atoms with Gasteiger partial charge in [0, 0.05) is 18.1 Å². The lowest BCUT2D eigenvalue weighted by atomic mass is 10.1. The van der Waals surface area contributed by atoms with Crippen LogP contribution in [0.1, 0.15) is 21.5 Å². The molecule has 6 heteroatoms. The van der Waals surface area contributed by atoms with Gasteiger partial charge in [0.25, 0.3) is 5.91 Å². The minimum atomic E-state index is -0.152. The van der Waals surface area contributed by atoms with E-state index < -0.39 is 0 Å². The van der Waals surface area contributed by atoms with E-state index in [0.29, 0.717) is 11.1 Å². The fourth-order valence-electron chi connectivity index (χ4n) is 2.25. The van der Waals surface area contributed by atoms with Crippen molar-refractivity contribution in [3.63, 3.8) is 0 Å². The molecule has 0 atom stereocenters. The average Bonchev–Trinajstić information content (AvgIpc) is 2.95. The summed E-state index contributed by atoms with van der Waals surface area (Å²) in [4.78, 5) is 21.0. The first-order valence-electron chi connectivity index (χ1n) is 6.88. The number of nitrogens with zero attached hydrogens (tertiary/aromatic N) is 2. The Labute approximate surface area is 132 Å². The van der Waals surface area contributed by atoms with Crippen molar-refractivity contribution in [2.24, 2.45) is 0 Å². The number of amides is 1. The molecule has 2 N–H and O–H groups in total. The topological polar surface area (TPSA) is 66.9 Å². The van der Waals surface area contributed by atoms with Crippen molar-refractivity contribution in [2.45, 2.75) is 13.8 Å². The number of anilines is 2. The molecule has 0 saturated carbocycles. The van der Waals surface area contributed by atoms with Gasteiger partial charge in [-0.25, -0.2) is 9.97 Å². The first kappa shape index (κ1) is 14.5. The van der Waals surface area contributed by atoms with Crippen LogP contribution in [0.4, 0.5) is 11.5 Å². The fourth-order valence-corrected chi connectivity index (χ4v) is 3.25. The monoisotopic (exact) mass is 312 g/mol. The van der Waals surface area contributed by atoms with Gasteiger partial charge in [0.05, 0.1) is 15.8 Å². The van der Waals surface area contributed by atoms with E-state index in [9.17, 15) is 4.79 Å². The van der Waals surface area contributed by atoms with Crippen LogP contribution < -0.4 is 10.6 Å². The van der Waals surface area contributed by atoms with E-state index in [1.165, 1.54) is 17.7 Å². The molecule has 1 aromatic carbocycles. The number of carbonyl (C=O) groups excluding carboxylic acids is 1. The molecule has 0 bridgehead atoms. The molecule has 112 valence electrons. The van der Waals surface area contributed by atoms with Crippen molar-refractivity contribution in [3.8, 4) is 0 Å². The van der Waals surface area contributed by atoms with E-state index in [2.05, 4.69) is 20.6 Å². The van der Waals surface area contributed by atoms with Gasteiger partial charge in [0.1, 0.15) is 12.1 Å². The van der Waals surface area contributed by atoms with Crippen LogP contribution >= 0.6 is 11.3 Å². The van der Waals surface area contributed by atoms with Gasteiger partial charge in [-0.3, -0.25) is 4.79 Å². The highest BCUT2D eigenvalue weighted by molar-refractivity contribution is 7.18. The Morgan fingerprint density at radius 2 is 2.05 bits per heavy atom. The Morgan fingerprint density at radius 1 is 1.23 bits per heavy atom. The second kappa shape index (κ2) is 5.73. The lowest BCUT2D eigenvalue weighted by molar-refractivity contribution is 0.102. The highest BCUT2D eigenvalue weighted by atomic mass is 32.1. The molecule has 2 heterocycles. The maximum absolute atomic E-state index is 12.6. The molecule has 5 nitrogen and oxygen atoms in total. The van der Waals surface area contributed by atoms with Crippen LogP contribution in [0.25, 0.3) is 10.2 Å².